The fraction of sp³-hybridized carbons (Fsp3) is 0.250. The van der Waals surface area contributed by atoms with Crippen molar-refractivity contribution in [3.8, 4) is 0 Å². The molecule has 0 N–H and O–H groups in total. The van der Waals surface area contributed by atoms with Crippen molar-refractivity contribution in [2.45, 2.75) is 36.1 Å². The van der Waals surface area contributed by atoms with Crippen molar-refractivity contribution in [1.82, 2.24) is 0 Å². The molecule has 2 bridgehead atoms. The minimum atomic E-state index is -1.08. The Hall–Kier alpha value is -0.860. The van der Waals surface area contributed by atoms with Gasteiger partial charge in [0, 0.05) is 11.1 Å². The molecule has 5 heteroatoms. The fourth-order valence-electron chi connectivity index (χ4n) is 5.39. The standard InChI is InChI=1S/C14H11.C10H12OSi.2ClH.Zr/c1-10-8-12-7-6-11-4-2-3-5-13(11)14(12)9-10;1-6-9-7-4-5-11-8(7)10(6)12(9,2)3;;;/h2-9H,1H3;4-5,9H,1-3H3;2*1H;/q;;;;+2/p-2. The van der Waals surface area contributed by atoms with E-state index in [0.717, 1.165) is 5.54 Å². The van der Waals surface area contributed by atoms with E-state index in [-0.39, 0.29) is 24.8 Å². The zero-order valence-corrected chi connectivity index (χ0v) is 22.0. The van der Waals surface area contributed by atoms with Crippen molar-refractivity contribution >= 4 is 30.1 Å². The first-order chi connectivity index (χ1) is 12.9. The van der Waals surface area contributed by atoms with Crippen LogP contribution in [0.5, 0.6) is 0 Å². The first kappa shape index (κ1) is 22.8. The van der Waals surface area contributed by atoms with E-state index in [4.69, 9.17) is 4.42 Å². The van der Waals surface area contributed by atoms with Gasteiger partial charge in [-0.2, -0.15) is 0 Å². The van der Waals surface area contributed by atoms with E-state index >= 15 is 0 Å². The van der Waals surface area contributed by atoms with E-state index in [1.54, 1.807) is 35.5 Å². The number of rotatable bonds is 0. The molecule has 2 atom stereocenters. The van der Waals surface area contributed by atoms with E-state index in [0.29, 0.717) is 3.63 Å². The Balaban J connectivity index is 0.000000158. The van der Waals surface area contributed by atoms with Crippen molar-refractivity contribution in [3.63, 3.8) is 0 Å². The second-order valence-electron chi connectivity index (χ2n) is 8.53. The number of fused-ring (bicyclic) bond motifs is 3. The minimum Gasteiger partial charge on any atom is -1.00 e. The van der Waals surface area contributed by atoms with Gasteiger partial charge in [-0.25, -0.2) is 0 Å². The Kier molecular flexibility index (Phi) is 6.30. The smallest absolute Gasteiger partial charge is 1.00 e. The molecule has 1 nitrogen and oxygen atoms in total. The van der Waals surface area contributed by atoms with Crippen molar-refractivity contribution in [3.05, 3.63) is 82.3 Å². The van der Waals surface area contributed by atoms with Crippen LogP contribution in [0.4, 0.5) is 0 Å². The summed E-state index contributed by atoms with van der Waals surface area (Å²) in [5, 5.41) is 4.34. The third kappa shape index (κ3) is 3.21. The van der Waals surface area contributed by atoms with Crippen LogP contribution in [0.15, 0.2) is 64.3 Å². The predicted molar refractivity (Wildman–Crippen MR) is 112 cm³/mol. The minimum absolute atomic E-state index is 0. The summed E-state index contributed by atoms with van der Waals surface area (Å²) in [5.41, 5.74) is 8.32. The molecule has 0 saturated carbocycles. The van der Waals surface area contributed by atoms with Gasteiger partial charge in [-0.1, -0.05) is 18.7 Å². The summed E-state index contributed by atoms with van der Waals surface area (Å²) in [6.45, 7) is 9.38. The van der Waals surface area contributed by atoms with Crippen LogP contribution in [0, 0.1) is 0 Å². The first-order valence-electron chi connectivity index (χ1n) is 9.61. The quantitative estimate of drug-likeness (QED) is 0.403. The maximum Gasteiger partial charge on any atom is -1.00 e. The third-order valence-corrected chi connectivity index (χ3v) is 12.6. The maximum atomic E-state index is 5.51. The van der Waals surface area contributed by atoms with E-state index < -0.39 is 8.07 Å². The largest absolute Gasteiger partial charge is 1.00 e. The molecule has 0 radical (unpaired) electrons. The van der Waals surface area contributed by atoms with Crippen LogP contribution in [0.3, 0.4) is 0 Å². The number of halogens is 2. The molecule has 2 unspecified atom stereocenters. The Morgan fingerprint density at radius 3 is 2.34 bits per heavy atom. The zero-order valence-electron chi connectivity index (χ0n) is 17.0. The molecule has 29 heavy (non-hydrogen) atoms. The van der Waals surface area contributed by atoms with Crippen LogP contribution >= 0.6 is 0 Å². The van der Waals surface area contributed by atoms with Crippen LogP contribution in [0.25, 0.3) is 22.0 Å². The molecular formula is C24H23Cl2OSiZr. The average Bonchev–Trinajstić information content (AvgIpc) is 3.33. The molecule has 7 rings (SSSR count). The number of hydrogen-bond acceptors (Lipinski definition) is 1. The molecule has 4 aliphatic rings. The Morgan fingerprint density at radius 2 is 1.66 bits per heavy atom. The van der Waals surface area contributed by atoms with Gasteiger partial charge in [-0.05, 0) is 18.2 Å². The summed E-state index contributed by atoms with van der Waals surface area (Å²) < 4.78 is 6.19. The summed E-state index contributed by atoms with van der Waals surface area (Å²) >= 11 is 1.60. The Morgan fingerprint density at radius 1 is 0.931 bits per heavy atom. The van der Waals surface area contributed by atoms with Crippen LogP contribution in [0.2, 0.25) is 13.1 Å². The zero-order chi connectivity index (χ0) is 18.9. The number of furan rings is 1. The first-order valence-corrected chi connectivity index (χ1v) is 14.1. The molecule has 147 valence electrons. The molecule has 2 aromatic carbocycles. The van der Waals surface area contributed by atoms with Crippen molar-refractivity contribution in [2.24, 2.45) is 0 Å². The molecule has 2 aliphatic carbocycles. The molecule has 0 amide bonds. The van der Waals surface area contributed by atoms with Crippen molar-refractivity contribution in [2.75, 3.05) is 0 Å². The molecule has 3 heterocycles. The Bertz CT molecular complexity index is 1160. The summed E-state index contributed by atoms with van der Waals surface area (Å²) in [5.74, 6) is 1.22. The summed E-state index contributed by atoms with van der Waals surface area (Å²) in [6.07, 6.45) is 4.19. The summed E-state index contributed by atoms with van der Waals surface area (Å²) in [4.78, 5) is 0. The second kappa shape index (κ2) is 8.00. The number of benzene rings is 2. The monoisotopic (exact) mass is 515 g/mol. The van der Waals surface area contributed by atoms with Crippen LogP contribution < -0.4 is 24.8 Å². The molecular weight excluding hydrogens is 494 g/mol. The molecule has 0 spiro atoms. The Labute approximate surface area is 201 Å². The molecule has 3 aromatic rings. The topological polar surface area (TPSA) is 13.1 Å². The predicted octanol–water partition coefficient (Wildman–Crippen LogP) is 0.803. The van der Waals surface area contributed by atoms with Gasteiger partial charge in [-0.3, -0.25) is 0 Å². The normalized spacial score (nSPS) is 21.8. The van der Waals surface area contributed by atoms with Gasteiger partial charge in [0.2, 0.25) is 0 Å². The number of hydrogen-bond donors (Lipinski definition) is 0. The van der Waals surface area contributed by atoms with Gasteiger partial charge in [0.1, 0.15) is 5.76 Å². The van der Waals surface area contributed by atoms with Gasteiger partial charge in [0.05, 0.1) is 14.3 Å². The van der Waals surface area contributed by atoms with Gasteiger partial charge >= 0.3 is 105 Å². The molecule has 0 saturated heterocycles. The molecule has 0 fully saturated rings. The van der Waals surface area contributed by atoms with Gasteiger partial charge < -0.3 is 29.2 Å². The number of allylic oxidation sites excluding steroid dienone is 2. The maximum absolute atomic E-state index is 5.51. The van der Waals surface area contributed by atoms with E-state index in [1.165, 1.54) is 38.8 Å². The molecule has 1 aromatic heterocycles. The van der Waals surface area contributed by atoms with Crippen LogP contribution in [-0.2, 0) is 24.7 Å². The van der Waals surface area contributed by atoms with E-state index in [2.05, 4.69) is 75.5 Å². The fourth-order valence-corrected chi connectivity index (χ4v) is 10.5. The third-order valence-electron chi connectivity index (χ3n) is 6.57. The van der Waals surface area contributed by atoms with Gasteiger partial charge in [0.15, 0.2) is 0 Å². The van der Waals surface area contributed by atoms with E-state index in [1.807, 2.05) is 6.26 Å². The van der Waals surface area contributed by atoms with Gasteiger partial charge in [0.25, 0.3) is 0 Å². The van der Waals surface area contributed by atoms with Crippen molar-refractivity contribution < 1.29 is 54.0 Å². The van der Waals surface area contributed by atoms with Crippen LogP contribution in [0.1, 0.15) is 45.5 Å². The summed E-state index contributed by atoms with van der Waals surface area (Å²) in [6, 6.07) is 15.3. The summed E-state index contributed by atoms with van der Waals surface area (Å²) in [7, 11) is -1.08. The average molecular weight is 518 g/mol. The molecule has 2 aliphatic heterocycles. The second-order valence-corrected chi connectivity index (χ2v) is 14.5. The van der Waals surface area contributed by atoms with E-state index in [9.17, 15) is 0 Å². The van der Waals surface area contributed by atoms with Crippen molar-refractivity contribution in [1.29, 1.82) is 0 Å². The van der Waals surface area contributed by atoms with Crippen LogP contribution in [-0.4, -0.2) is 8.07 Å². The SMILES string of the molecule is CC1=C2c3occc3C1[Si]2(C)C.CC1=Cc2c(ccc3ccccc23)[CH]1[Zr+2].[Cl-].[Cl-]. The van der Waals surface area contributed by atoms with Gasteiger partial charge in [-0.15, -0.1) is 0 Å².